The third-order valence-electron chi connectivity index (χ3n) is 7.21. The molecule has 190 valence electrons. The zero-order valence-electron chi connectivity index (χ0n) is 20.5. The Morgan fingerprint density at radius 2 is 1.92 bits per heavy atom. The van der Waals surface area contributed by atoms with Gasteiger partial charge in [0, 0.05) is 24.2 Å². The molecule has 1 saturated heterocycles. The Bertz CT molecular complexity index is 1350. The molecule has 8 heteroatoms. The zero-order chi connectivity index (χ0) is 26.0. The van der Waals surface area contributed by atoms with E-state index in [-0.39, 0.29) is 11.7 Å². The predicted molar refractivity (Wildman–Crippen MR) is 140 cm³/mol. The average Bonchev–Trinajstić information content (AvgIpc) is 2.93. The molecule has 2 aliphatic heterocycles. The minimum absolute atomic E-state index is 0.111. The van der Waals surface area contributed by atoms with Gasteiger partial charge in [0.25, 0.3) is 5.91 Å². The van der Waals surface area contributed by atoms with Crippen LogP contribution in [0.15, 0.2) is 60.7 Å². The van der Waals surface area contributed by atoms with Gasteiger partial charge in [-0.1, -0.05) is 41.9 Å². The van der Waals surface area contributed by atoms with E-state index < -0.39 is 11.5 Å². The van der Waals surface area contributed by atoms with Gasteiger partial charge >= 0.3 is 0 Å². The van der Waals surface area contributed by atoms with Crippen LogP contribution in [0, 0.1) is 22.6 Å². The van der Waals surface area contributed by atoms with E-state index in [1.165, 1.54) is 12.1 Å². The summed E-state index contributed by atoms with van der Waals surface area (Å²) in [6.07, 6.45) is 0.951. The van der Waals surface area contributed by atoms with Crippen molar-refractivity contribution in [3.63, 3.8) is 0 Å². The van der Waals surface area contributed by atoms with E-state index in [0.29, 0.717) is 55.4 Å². The summed E-state index contributed by atoms with van der Waals surface area (Å²) in [7, 11) is 1.61. The highest BCUT2D eigenvalue weighted by Gasteiger charge is 2.39. The first-order chi connectivity index (χ1) is 17.9. The number of likely N-dealkylation sites (tertiary alicyclic amines) is 1. The highest BCUT2D eigenvalue weighted by Crippen LogP contribution is 2.42. The normalized spacial score (nSPS) is 18.1. The van der Waals surface area contributed by atoms with Crippen molar-refractivity contribution < 1.29 is 18.7 Å². The van der Waals surface area contributed by atoms with Crippen molar-refractivity contribution in [1.29, 1.82) is 5.26 Å². The SMILES string of the molecule is COc1ccccc1-c1cc2c(cc1Cl)NCC(C(=O)N1CCC(C#N)(Cc3ccc(F)cc3)CC1)O2. The van der Waals surface area contributed by atoms with Crippen LogP contribution in [0.25, 0.3) is 11.1 Å². The molecular weight excluding hydrogens is 493 g/mol. The van der Waals surface area contributed by atoms with Crippen molar-refractivity contribution in [1.82, 2.24) is 4.90 Å². The molecule has 3 aromatic rings. The number of rotatable bonds is 5. The van der Waals surface area contributed by atoms with E-state index >= 15 is 0 Å². The molecule has 6 nitrogen and oxygen atoms in total. The lowest BCUT2D eigenvalue weighted by atomic mass is 9.75. The molecule has 0 bridgehead atoms. The van der Waals surface area contributed by atoms with E-state index in [9.17, 15) is 14.4 Å². The molecule has 1 amide bonds. The van der Waals surface area contributed by atoms with Gasteiger partial charge in [0.2, 0.25) is 0 Å². The lowest BCUT2D eigenvalue weighted by Crippen LogP contribution is -2.51. The van der Waals surface area contributed by atoms with E-state index in [4.69, 9.17) is 21.1 Å². The average molecular weight is 520 g/mol. The molecule has 37 heavy (non-hydrogen) atoms. The fourth-order valence-electron chi connectivity index (χ4n) is 5.08. The van der Waals surface area contributed by atoms with Crippen LogP contribution in [0.1, 0.15) is 18.4 Å². The monoisotopic (exact) mass is 519 g/mol. The summed E-state index contributed by atoms with van der Waals surface area (Å²) in [5.41, 5.74) is 2.66. The maximum Gasteiger partial charge on any atom is 0.265 e. The Morgan fingerprint density at radius 1 is 1.19 bits per heavy atom. The maximum absolute atomic E-state index is 13.4. The smallest absolute Gasteiger partial charge is 0.265 e. The van der Waals surface area contributed by atoms with Crippen LogP contribution in [-0.4, -0.2) is 43.7 Å². The van der Waals surface area contributed by atoms with E-state index in [0.717, 1.165) is 22.4 Å². The molecule has 1 N–H and O–H groups in total. The number of halogens is 2. The largest absolute Gasteiger partial charge is 0.496 e. The second kappa shape index (κ2) is 10.3. The van der Waals surface area contributed by atoms with E-state index in [1.807, 2.05) is 30.3 Å². The van der Waals surface area contributed by atoms with Crippen LogP contribution in [0.2, 0.25) is 5.02 Å². The first kappa shape index (κ1) is 24.9. The van der Waals surface area contributed by atoms with Crippen molar-refractivity contribution >= 4 is 23.2 Å². The molecule has 0 saturated carbocycles. The van der Waals surface area contributed by atoms with Crippen molar-refractivity contribution in [2.24, 2.45) is 5.41 Å². The molecule has 1 fully saturated rings. The topological polar surface area (TPSA) is 74.6 Å². The first-order valence-corrected chi connectivity index (χ1v) is 12.6. The van der Waals surface area contributed by atoms with Gasteiger partial charge in [0.1, 0.15) is 17.3 Å². The fourth-order valence-corrected chi connectivity index (χ4v) is 5.34. The van der Waals surface area contributed by atoms with Crippen LogP contribution in [-0.2, 0) is 11.2 Å². The number of para-hydroxylation sites is 1. The summed E-state index contributed by atoms with van der Waals surface area (Å²) in [5.74, 6) is 0.834. The molecule has 0 aromatic heterocycles. The molecular formula is C29H27ClFN3O3. The minimum atomic E-state index is -0.689. The number of carbonyl (C=O) groups is 1. The molecule has 5 rings (SSSR count). The van der Waals surface area contributed by atoms with Crippen molar-refractivity contribution in [2.75, 3.05) is 32.1 Å². The summed E-state index contributed by atoms with van der Waals surface area (Å²) >= 11 is 6.58. The second-order valence-corrected chi connectivity index (χ2v) is 9.94. The highest BCUT2D eigenvalue weighted by molar-refractivity contribution is 6.33. The summed E-state index contributed by atoms with van der Waals surface area (Å²) in [6.45, 7) is 1.26. The number of nitrogens with zero attached hydrogens (tertiary/aromatic N) is 2. The van der Waals surface area contributed by atoms with Crippen molar-refractivity contribution in [3.8, 4) is 28.7 Å². The Labute approximate surface area is 220 Å². The number of hydrogen-bond donors (Lipinski definition) is 1. The molecule has 2 aliphatic rings. The molecule has 0 aliphatic carbocycles. The van der Waals surface area contributed by atoms with Crippen LogP contribution in [0.3, 0.4) is 0 Å². The van der Waals surface area contributed by atoms with Crippen LogP contribution >= 0.6 is 11.6 Å². The van der Waals surface area contributed by atoms with Gasteiger partial charge in [-0.15, -0.1) is 0 Å². The standard InChI is InChI=1S/C29H27ClFN3O3/c1-36-25-5-3-2-4-21(25)22-14-26-24(15-23(22)30)33-17-27(37-26)28(35)34-12-10-29(18-32,11-13-34)16-19-6-8-20(31)9-7-19/h2-9,14-15,27,33H,10-13,16-17H2,1H3. The number of nitrogens with one attached hydrogen (secondary N) is 1. The third kappa shape index (κ3) is 5.07. The maximum atomic E-state index is 13.4. The summed E-state index contributed by atoms with van der Waals surface area (Å²) < 4.78 is 24.9. The predicted octanol–water partition coefficient (Wildman–Crippen LogP) is 5.70. The summed E-state index contributed by atoms with van der Waals surface area (Å²) in [6, 6.07) is 20.0. The zero-order valence-corrected chi connectivity index (χ0v) is 21.2. The summed E-state index contributed by atoms with van der Waals surface area (Å²) in [4.78, 5) is 15.1. The van der Waals surface area contributed by atoms with Gasteiger partial charge in [-0.25, -0.2) is 4.39 Å². The molecule has 2 heterocycles. The van der Waals surface area contributed by atoms with E-state index in [1.54, 1.807) is 30.2 Å². The Morgan fingerprint density at radius 3 is 2.62 bits per heavy atom. The fraction of sp³-hybridized carbons (Fsp3) is 0.310. The molecule has 0 radical (unpaired) electrons. The number of benzene rings is 3. The van der Waals surface area contributed by atoms with Crippen LogP contribution < -0.4 is 14.8 Å². The molecule has 0 spiro atoms. The first-order valence-electron chi connectivity index (χ1n) is 12.2. The Balaban J connectivity index is 1.28. The summed E-state index contributed by atoms with van der Waals surface area (Å²) in [5, 5.41) is 13.8. The van der Waals surface area contributed by atoms with E-state index in [2.05, 4.69) is 11.4 Å². The number of anilines is 1. The Kier molecular flexibility index (Phi) is 6.94. The van der Waals surface area contributed by atoms with Gasteiger partial charge < -0.3 is 19.7 Å². The van der Waals surface area contributed by atoms with Crippen LogP contribution in [0.4, 0.5) is 10.1 Å². The quantitative estimate of drug-likeness (QED) is 0.468. The lowest BCUT2D eigenvalue weighted by molar-refractivity contribution is -0.140. The number of amides is 1. The second-order valence-electron chi connectivity index (χ2n) is 9.54. The number of methoxy groups -OCH3 is 1. The number of hydrogen-bond acceptors (Lipinski definition) is 5. The number of nitriles is 1. The highest BCUT2D eigenvalue weighted by atomic mass is 35.5. The third-order valence-corrected chi connectivity index (χ3v) is 7.53. The number of ether oxygens (including phenoxy) is 2. The van der Waals surface area contributed by atoms with Crippen LogP contribution in [0.5, 0.6) is 11.5 Å². The molecule has 3 aromatic carbocycles. The molecule has 1 unspecified atom stereocenters. The number of fused-ring (bicyclic) bond motifs is 1. The lowest BCUT2D eigenvalue weighted by Gasteiger charge is -2.39. The number of piperidine rings is 1. The van der Waals surface area contributed by atoms with Gasteiger partial charge in [0.05, 0.1) is 35.8 Å². The minimum Gasteiger partial charge on any atom is -0.496 e. The molecule has 1 atom stereocenters. The van der Waals surface area contributed by atoms with Crippen molar-refractivity contribution in [2.45, 2.75) is 25.4 Å². The van der Waals surface area contributed by atoms with Gasteiger partial charge in [-0.3, -0.25) is 4.79 Å². The number of carbonyl (C=O) groups excluding carboxylic acids is 1. The van der Waals surface area contributed by atoms with Crippen molar-refractivity contribution in [3.05, 3.63) is 77.1 Å². The van der Waals surface area contributed by atoms with Gasteiger partial charge in [0.15, 0.2) is 6.10 Å². The Hall–Kier alpha value is -3.76. The van der Waals surface area contributed by atoms with Gasteiger partial charge in [-0.05, 0) is 55.2 Å². The van der Waals surface area contributed by atoms with Gasteiger partial charge in [-0.2, -0.15) is 5.26 Å².